The van der Waals surface area contributed by atoms with Crippen LogP contribution in [-0.4, -0.2) is 18.2 Å². The lowest BCUT2D eigenvalue weighted by atomic mass is 9.75. The minimum atomic E-state index is -0.613. The van der Waals surface area contributed by atoms with Crippen LogP contribution in [0.1, 0.15) is 27.7 Å². The van der Waals surface area contributed by atoms with Gasteiger partial charge in [0.25, 0.3) is 0 Å². The van der Waals surface area contributed by atoms with Crippen molar-refractivity contribution in [1.82, 2.24) is 0 Å². The molecule has 1 rings (SSSR count). The maximum atomic E-state index is 9.29. The van der Waals surface area contributed by atoms with Gasteiger partial charge in [-0.15, -0.1) is 0 Å². The fourth-order valence-corrected chi connectivity index (χ4v) is 1.60. The average Bonchev–Trinajstić information content (AvgIpc) is 1.92. The molecule has 12 heavy (non-hydrogen) atoms. The van der Waals surface area contributed by atoms with Crippen LogP contribution >= 0.6 is 0 Å². The van der Waals surface area contributed by atoms with Gasteiger partial charge in [-0.25, -0.2) is 0 Å². The predicted octanol–water partition coefficient (Wildman–Crippen LogP) is 1.86. The predicted molar refractivity (Wildman–Crippen MR) is 50.9 cm³/mol. The summed E-state index contributed by atoms with van der Waals surface area (Å²) in [4.78, 5) is 0. The maximum Gasteiger partial charge on any atom is 0.458 e. The van der Waals surface area contributed by atoms with Crippen molar-refractivity contribution in [3.8, 4) is 0 Å². The molecule has 0 radical (unpaired) electrons. The van der Waals surface area contributed by atoms with Gasteiger partial charge in [0, 0.05) is 6.32 Å². The molecular weight excluding hydrogens is 151 g/mol. The van der Waals surface area contributed by atoms with Gasteiger partial charge >= 0.3 is 7.12 Å². The Balaban J connectivity index is 2.77. The van der Waals surface area contributed by atoms with E-state index in [1.54, 1.807) is 0 Å². The van der Waals surface area contributed by atoms with Gasteiger partial charge in [0.2, 0.25) is 0 Å². The van der Waals surface area contributed by atoms with Gasteiger partial charge in [-0.3, -0.25) is 0 Å². The molecule has 0 spiro atoms. The third-order valence-electron chi connectivity index (χ3n) is 2.13. The highest BCUT2D eigenvalue weighted by Gasteiger charge is 2.33. The van der Waals surface area contributed by atoms with E-state index in [1.807, 2.05) is 0 Å². The van der Waals surface area contributed by atoms with Gasteiger partial charge in [0.05, 0.1) is 6.10 Å². The fraction of sp³-hybridized carbons (Fsp3) is 0.778. The molecule has 1 heterocycles. The summed E-state index contributed by atoms with van der Waals surface area (Å²) in [5.41, 5.74) is 1.30. The first-order valence-corrected chi connectivity index (χ1v) is 4.41. The lowest BCUT2D eigenvalue weighted by Crippen LogP contribution is -2.38. The highest BCUT2D eigenvalue weighted by molar-refractivity contribution is 6.43. The molecular formula is C9H17BO2. The van der Waals surface area contributed by atoms with E-state index < -0.39 is 7.12 Å². The summed E-state index contributed by atoms with van der Waals surface area (Å²) < 4.78 is 5.45. The molecule has 0 amide bonds. The van der Waals surface area contributed by atoms with Crippen molar-refractivity contribution in [2.24, 2.45) is 5.41 Å². The Hall–Kier alpha value is -0.275. The Labute approximate surface area is 74.8 Å². The van der Waals surface area contributed by atoms with Crippen molar-refractivity contribution >= 4 is 7.12 Å². The van der Waals surface area contributed by atoms with E-state index in [9.17, 15) is 5.02 Å². The molecule has 1 unspecified atom stereocenters. The van der Waals surface area contributed by atoms with Crippen LogP contribution in [0.4, 0.5) is 0 Å². The second-order valence-electron chi connectivity index (χ2n) is 4.52. The summed E-state index contributed by atoms with van der Waals surface area (Å²) in [5, 5.41) is 9.29. The van der Waals surface area contributed by atoms with Crippen LogP contribution in [0.5, 0.6) is 0 Å². The zero-order valence-electron chi connectivity index (χ0n) is 8.29. The average molecular weight is 168 g/mol. The highest BCUT2D eigenvalue weighted by Crippen LogP contribution is 2.31. The first-order valence-electron chi connectivity index (χ1n) is 4.41. The number of rotatable bonds is 0. The highest BCUT2D eigenvalue weighted by atomic mass is 16.5. The van der Waals surface area contributed by atoms with E-state index in [1.165, 1.54) is 5.57 Å². The second kappa shape index (κ2) is 3.23. The molecule has 1 aliphatic heterocycles. The van der Waals surface area contributed by atoms with Crippen LogP contribution in [0.15, 0.2) is 11.6 Å². The van der Waals surface area contributed by atoms with Crippen molar-refractivity contribution in [3.05, 3.63) is 11.6 Å². The van der Waals surface area contributed by atoms with E-state index in [4.69, 9.17) is 4.65 Å². The van der Waals surface area contributed by atoms with Gasteiger partial charge in [0.1, 0.15) is 0 Å². The molecule has 0 aromatic rings. The summed E-state index contributed by atoms with van der Waals surface area (Å²) in [6, 6.07) is 0. The molecule has 0 aromatic carbocycles. The molecule has 0 aliphatic carbocycles. The molecule has 0 saturated carbocycles. The fourth-order valence-electron chi connectivity index (χ4n) is 1.60. The van der Waals surface area contributed by atoms with E-state index in [0.29, 0.717) is 6.32 Å². The van der Waals surface area contributed by atoms with E-state index in [0.717, 1.165) is 0 Å². The van der Waals surface area contributed by atoms with Crippen LogP contribution in [0, 0.1) is 5.41 Å². The molecule has 0 aromatic heterocycles. The smallest absolute Gasteiger partial charge is 0.427 e. The summed E-state index contributed by atoms with van der Waals surface area (Å²) >= 11 is 0. The minimum Gasteiger partial charge on any atom is -0.427 e. The molecule has 1 atom stereocenters. The van der Waals surface area contributed by atoms with Crippen molar-refractivity contribution in [2.75, 3.05) is 0 Å². The molecule has 1 aliphatic rings. The van der Waals surface area contributed by atoms with Crippen molar-refractivity contribution in [1.29, 1.82) is 0 Å². The third-order valence-corrected chi connectivity index (χ3v) is 2.13. The molecule has 0 bridgehead atoms. The molecule has 0 saturated heterocycles. The third kappa shape index (κ3) is 2.11. The topological polar surface area (TPSA) is 29.5 Å². The van der Waals surface area contributed by atoms with Crippen LogP contribution in [-0.2, 0) is 4.65 Å². The first kappa shape index (κ1) is 9.81. The van der Waals surface area contributed by atoms with Crippen molar-refractivity contribution in [2.45, 2.75) is 40.1 Å². The summed E-state index contributed by atoms with van der Waals surface area (Å²) in [7, 11) is -0.613. The minimum absolute atomic E-state index is 0.0567. The van der Waals surface area contributed by atoms with Crippen molar-refractivity contribution < 1.29 is 9.68 Å². The quantitative estimate of drug-likeness (QED) is 0.441. The van der Waals surface area contributed by atoms with Crippen LogP contribution in [0.25, 0.3) is 0 Å². The van der Waals surface area contributed by atoms with Gasteiger partial charge in [-0.2, -0.15) is 0 Å². The summed E-state index contributed by atoms with van der Waals surface area (Å²) in [6.45, 7) is 8.41. The van der Waals surface area contributed by atoms with Crippen LogP contribution in [0.3, 0.4) is 0 Å². The number of hydrogen-bond acceptors (Lipinski definition) is 2. The maximum absolute atomic E-state index is 9.29. The van der Waals surface area contributed by atoms with Gasteiger partial charge in [0.15, 0.2) is 0 Å². The Morgan fingerprint density at radius 3 is 2.58 bits per heavy atom. The summed E-state index contributed by atoms with van der Waals surface area (Å²) in [5.74, 6) is 0. The van der Waals surface area contributed by atoms with E-state index >= 15 is 0 Å². The number of hydrogen-bond donors (Lipinski definition) is 1. The van der Waals surface area contributed by atoms with E-state index in [2.05, 4.69) is 33.8 Å². The molecule has 0 fully saturated rings. The van der Waals surface area contributed by atoms with E-state index in [-0.39, 0.29) is 11.5 Å². The lowest BCUT2D eigenvalue weighted by Gasteiger charge is -2.35. The van der Waals surface area contributed by atoms with Gasteiger partial charge in [-0.1, -0.05) is 32.4 Å². The van der Waals surface area contributed by atoms with Crippen molar-refractivity contribution in [3.63, 3.8) is 0 Å². The Morgan fingerprint density at radius 2 is 2.17 bits per heavy atom. The monoisotopic (exact) mass is 168 g/mol. The zero-order chi connectivity index (χ0) is 9.35. The van der Waals surface area contributed by atoms with Gasteiger partial charge < -0.3 is 9.68 Å². The first-order chi connectivity index (χ1) is 5.41. The summed E-state index contributed by atoms with van der Waals surface area (Å²) in [6.07, 6.45) is 2.74. The van der Waals surface area contributed by atoms with Gasteiger partial charge in [-0.05, 0) is 12.3 Å². The Morgan fingerprint density at radius 1 is 1.58 bits per heavy atom. The Kier molecular flexibility index (Phi) is 2.64. The standard InChI is InChI=1S/C9H17BO2/c1-7-5-6-10(11)12-8(7)9(2,3)4/h5,8,11H,6H2,1-4H3. The molecule has 68 valence electrons. The molecule has 1 N–H and O–H groups in total. The Bertz CT molecular complexity index is 193. The second-order valence-corrected chi connectivity index (χ2v) is 4.52. The SMILES string of the molecule is CC1=CCB(O)OC1C(C)(C)C. The van der Waals surface area contributed by atoms with Crippen LogP contribution < -0.4 is 0 Å². The zero-order valence-corrected chi connectivity index (χ0v) is 8.29. The largest absolute Gasteiger partial charge is 0.458 e. The molecule has 2 nitrogen and oxygen atoms in total. The lowest BCUT2D eigenvalue weighted by molar-refractivity contribution is 0.0909. The van der Waals surface area contributed by atoms with Crippen LogP contribution in [0.2, 0.25) is 6.32 Å². The normalized spacial score (nSPS) is 25.6. The number of allylic oxidation sites excluding steroid dienone is 1. The molecule has 3 heteroatoms.